The lowest BCUT2D eigenvalue weighted by molar-refractivity contribution is -0.115. The minimum atomic E-state index is -3.57. The van der Waals surface area contributed by atoms with Crippen LogP contribution in [0.25, 0.3) is 0 Å². The average Bonchev–Trinajstić information content (AvgIpc) is 3.21. The highest BCUT2D eigenvalue weighted by molar-refractivity contribution is 7.91. The summed E-state index contributed by atoms with van der Waals surface area (Å²) in [6.07, 6.45) is 0. The quantitative estimate of drug-likeness (QED) is 0.582. The number of rotatable bonds is 7. The summed E-state index contributed by atoms with van der Waals surface area (Å²) in [6, 6.07) is 7.96. The third-order valence-electron chi connectivity index (χ3n) is 4.14. The first-order chi connectivity index (χ1) is 14.3. The number of carbonyl (C=O) groups is 2. The van der Waals surface area contributed by atoms with Gasteiger partial charge in [0.2, 0.25) is 5.91 Å². The van der Waals surface area contributed by atoms with Gasteiger partial charge in [-0.3, -0.25) is 4.79 Å². The standard InChI is InChI=1S/C18H21FN4O5S2/c19-13-2-1-3-14(10-13)22-16(24)12-21-18(25)20-11-15-4-5-17(29-15)30(26,27)23-6-8-28-9-7-23/h1-5,10H,6-9,11-12H2,(H,22,24)(H2,20,21,25). The Balaban J connectivity index is 1.44. The summed E-state index contributed by atoms with van der Waals surface area (Å²) in [7, 11) is -3.57. The summed E-state index contributed by atoms with van der Waals surface area (Å²) < 4.78 is 45.1. The number of amides is 3. The first kappa shape index (κ1) is 22.2. The summed E-state index contributed by atoms with van der Waals surface area (Å²) in [5.41, 5.74) is 0.287. The molecule has 0 radical (unpaired) electrons. The van der Waals surface area contributed by atoms with Crippen LogP contribution in [0.2, 0.25) is 0 Å². The topological polar surface area (TPSA) is 117 Å². The molecule has 1 aliphatic heterocycles. The van der Waals surface area contributed by atoms with Crippen molar-refractivity contribution >= 4 is 39.0 Å². The number of thiophene rings is 1. The number of halogens is 1. The van der Waals surface area contributed by atoms with E-state index in [0.29, 0.717) is 31.2 Å². The maximum atomic E-state index is 13.1. The van der Waals surface area contributed by atoms with E-state index in [4.69, 9.17) is 4.74 Å². The highest BCUT2D eigenvalue weighted by Gasteiger charge is 2.27. The van der Waals surface area contributed by atoms with Gasteiger partial charge in [0.25, 0.3) is 10.0 Å². The zero-order valence-corrected chi connectivity index (χ0v) is 17.5. The van der Waals surface area contributed by atoms with Gasteiger partial charge < -0.3 is 20.7 Å². The van der Waals surface area contributed by atoms with Crippen molar-refractivity contribution < 1.29 is 27.1 Å². The van der Waals surface area contributed by atoms with Crippen LogP contribution in [0.4, 0.5) is 14.9 Å². The van der Waals surface area contributed by atoms with Gasteiger partial charge in [0.05, 0.1) is 26.3 Å². The van der Waals surface area contributed by atoms with Gasteiger partial charge >= 0.3 is 6.03 Å². The number of hydrogen-bond acceptors (Lipinski definition) is 6. The smallest absolute Gasteiger partial charge is 0.315 e. The lowest BCUT2D eigenvalue weighted by Gasteiger charge is -2.25. The minimum absolute atomic E-state index is 0.112. The molecule has 0 aliphatic carbocycles. The van der Waals surface area contributed by atoms with Gasteiger partial charge in [-0.15, -0.1) is 11.3 Å². The molecular weight excluding hydrogens is 435 g/mol. The number of sulfonamides is 1. The van der Waals surface area contributed by atoms with E-state index in [1.807, 2.05) is 0 Å². The van der Waals surface area contributed by atoms with Crippen LogP contribution in [0.5, 0.6) is 0 Å². The largest absolute Gasteiger partial charge is 0.379 e. The van der Waals surface area contributed by atoms with Crippen molar-refractivity contribution in [3.8, 4) is 0 Å². The summed E-state index contributed by atoms with van der Waals surface area (Å²) in [4.78, 5) is 24.3. The van der Waals surface area contributed by atoms with Crippen molar-refractivity contribution in [2.45, 2.75) is 10.8 Å². The summed E-state index contributed by atoms with van der Waals surface area (Å²) in [6.45, 7) is 1.17. The number of carbonyl (C=O) groups excluding carboxylic acids is 2. The third kappa shape index (κ3) is 5.98. The van der Waals surface area contributed by atoms with Crippen molar-refractivity contribution in [2.24, 2.45) is 0 Å². The lowest BCUT2D eigenvalue weighted by Crippen LogP contribution is -2.40. The minimum Gasteiger partial charge on any atom is -0.379 e. The van der Waals surface area contributed by atoms with Gasteiger partial charge in [0.15, 0.2) is 0 Å². The summed E-state index contributed by atoms with van der Waals surface area (Å²) in [5, 5.41) is 7.41. The molecule has 0 unspecified atom stereocenters. The molecule has 2 aromatic rings. The van der Waals surface area contributed by atoms with E-state index in [1.165, 1.54) is 28.6 Å². The molecule has 0 atom stereocenters. The molecule has 1 fully saturated rings. The normalized spacial score (nSPS) is 14.8. The lowest BCUT2D eigenvalue weighted by atomic mass is 10.3. The first-order valence-electron chi connectivity index (χ1n) is 9.08. The molecule has 3 rings (SSSR count). The summed E-state index contributed by atoms with van der Waals surface area (Å²) >= 11 is 1.08. The van der Waals surface area contributed by atoms with Crippen LogP contribution in [-0.2, 0) is 26.1 Å². The van der Waals surface area contributed by atoms with Crippen molar-refractivity contribution in [1.29, 1.82) is 0 Å². The van der Waals surface area contributed by atoms with Crippen LogP contribution in [0.15, 0.2) is 40.6 Å². The molecule has 3 amide bonds. The molecule has 3 N–H and O–H groups in total. The predicted octanol–water partition coefficient (Wildman–Crippen LogP) is 1.35. The Morgan fingerprint density at radius 3 is 2.63 bits per heavy atom. The maximum absolute atomic E-state index is 13.1. The monoisotopic (exact) mass is 456 g/mol. The number of nitrogens with one attached hydrogen (secondary N) is 3. The fourth-order valence-corrected chi connectivity index (χ4v) is 5.53. The van der Waals surface area contributed by atoms with E-state index in [1.54, 1.807) is 6.07 Å². The highest BCUT2D eigenvalue weighted by Crippen LogP contribution is 2.25. The maximum Gasteiger partial charge on any atom is 0.315 e. The number of urea groups is 1. The van der Waals surface area contributed by atoms with E-state index in [0.717, 1.165) is 17.4 Å². The molecule has 1 aromatic carbocycles. The van der Waals surface area contributed by atoms with Gasteiger partial charge in [0.1, 0.15) is 10.0 Å². The number of hydrogen-bond donors (Lipinski definition) is 3. The SMILES string of the molecule is O=C(CNC(=O)NCc1ccc(S(=O)(=O)N2CCOCC2)s1)Nc1cccc(F)c1. The van der Waals surface area contributed by atoms with Crippen LogP contribution in [0.3, 0.4) is 0 Å². The first-order valence-corrected chi connectivity index (χ1v) is 11.3. The van der Waals surface area contributed by atoms with Gasteiger partial charge in [-0.1, -0.05) is 6.07 Å². The molecular formula is C18H21FN4O5S2. The van der Waals surface area contributed by atoms with Crippen LogP contribution in [0.1, 0.15) is 4.88 Å². The number of benzene rings is 1. The molecule has 12 heteroatoms. The van der Waals surface area contributed by atoms with E-state index in [2.05, 4.69) is 16.0 Å². The Morgan fingerprint density at radius 2 is 1.90 bits per heavy atom. The Morgan fingerprint density at radius 1 is 1.13 bits per heavy atom. The fourth-order valence-electron chi connectivity index (χ4n) is 2.67. The zero-order valence-electron chi connectivity index (χ0n) is 15.9. The van der Waals surface area contributed by atoms with Crippen LogP contribution in [0, 0.1) is 5.82 Å². The molecule has 162 valence electrons. The van der Waals surface area contributed by atoms with Crippen molar-refractivity contribution in [3.05, 3.63) is 47.1 Å². The van der Waals surface area contributed by atoms with Crippen LogP contribution >= 0.6 is 11.3 Å². The number of anilines is 1. The van der Waals surface area contributed by atoms with Gasteiger partial charge in [0, 0.05) is 23.7 Å². The Labute approximate surface area is 177 Å². The number of ether oxygens (including phenoxy) is 1. The Bertz CT molecular complexity index is 1010. The van der Waals surface area contributed by atoms with E-state index in [-0.39, 0.29) is 23.0 Å². The molecule has 9 nitrogen and oxygen atoms in total. The fraction of sp³-hybridized carbons (Fsp3) is 0.333. The molecule has 1 aromatic heterocycles. The highest BCUT2D eigenvalue weighted by atomic mass is 32.2. The van der Waals surface area contributed by atoms with Crippen molar-refractivity contribution in [3.63, 3.8) is 0 Å². The van der Waals surface area contributed by atoms with Crippen LogP contribution < -0.4 is 16.0 Å². The number of morpholine rings is 1. The second-order valence-electron chi connectivity index (χ2n) is 6.33. The second-order valence-corrected chi connectivity index (χ2v) is 9.67. The molecule has 2 heterocycles. The predicted molar refractivity (Wildman–Crippen MR) is 109 cm³/mol. The zero-order chi connectivity index (χ0) is 21.6. The Hall–Kier alpha value is -2.54. The molecule has 0 saturated carbocycles. The van der Waals surface area contributed by atoms with Crippen molar-refractivity contribution in [1.82, 2.24) is 14.9 Å². The molecule has 0 spiro atoms. The molecule has 1 saturated heterocycles. The van der Waals surface area contributed by atoms with E-state index in [9.17, 15) is 22.4 Å². The average molecular weight is 457 g/mol. The van der Waals surface area contributed by atoms with E-state index >= 15 is 0 Å². The van der Waals surface area contributed by atoms with Gasteiger partial charge in [-0.05, 0) is 30.3 Å². The van der Waals surface area contributed by atoms with Crippen molar-refractivity contribution in [2.75, 3.05) is 38.2 Å². The number of nitrogens with zero attached hydrogens (tertiary/aromatic N) is 1. The van der Waals surface area contributed by atoms with Gasteiger partial charge in [-0.25, -0.2) is 17.6 Å². The Kier molecular flexibility index (Phi) is 7.37. The molecule has 1 aliphatic rings. The molecule has 0 bridgehead atoms. The van der Waals surface area contributed by atoms with Crippen LogP contribution in [-0.4, -0.2) is 57.5 Å². The van der Waals surface area contributed by atoms with E-state index < -0.39 is 27.8 Å². The molecule has 30 heavy (non-hydrogen) atoms. The van der Waals surface area contributed by atoms with Gasteiger partial charge in [-0.2, -0.15) is 4.31 Å². The second kappa shape index (κ2) is 9.98. The third-order valence-corrected chi connectivity index (χ3v) is 7.59. The summed E-state index contributed by atoms with van der Waals surface area (Å²) in [5.74, 6) is -0.991.